The monoisotopic (exact) mass is 593 g/mol. The van der Waals surface area contributed by atoms with Crippen molar-refractivity contribution in [1.29, 1.82) is 0 Å². The minimum absolute atomic E-state index is 0.0453. The van der Waals surface area contributed by atoms with Crippen molar-refractivity contribution in [2.45, 2.75) is 82.6 Å². The Kier molecular flexibility index (Phi) is 7.96. The molecule has 6 rings (SSSR count). The van der Waals surface area contributed by atoms with Crippen LogP contribution >= 0.6 is 0 Å². The third-order valence-electron chi connectivity index (χ3n) is 9.50. The first-order valence-corrected chi connectivity index (χ1v) is 15.2. The smallest absolute Gasteiger partial charge is 0.382 e. The fourth-order valence-corrected chi connectivity index (χ4v) is 7.41. The number of carbonyl (C=O) groups excluding carboxylic acids is 2. The van der Waals surface area contributed by atoms with E-state index in [1.165, 1.54) is 31.9 Å². The maximum Gasteiger partial charge on any atom is 0.416 e. The number of alkyl halides is 3. The number of hydrogen-bond donors (Lipinski definition) is 2. The van der Waals surface area contributed by atoms with Crippen LogP contribution in [-0.4, -0.2) is 38.3 Å². The van der Waals surface area contributed by atoms with Gasteiger partial charge in [0.1, 0.15) is 5.69 Å². The van der Waals surface area contributed by atoms with E-state index in [0.717, 1.165) is 49.4 Å². The van der Waals surface area contributed by atoms with Crippen LogP contribution in [0.2, 0.25) is 0 Å². The number of benzene rings is 2. The van der Waals surface area contributed by atoms with Crippen molar-refractivity contribution in [3.8, 4) is 0 Å². The number of imidazole rings is 1. The number of rotatable bonds is 6. The molecule has 10 heteroatoms. The highest BCUT2D eigenvalue weighted by Gasteiger charge is 2.50. The number of halogens is 3. The largest absolute Gasteiger partial charge is 0.416 e. The molecule has 0 radical (unpaired) electrons. The van der Waals surface area contributed by atoms with Crippen LogP contribution in [0.4, 0.5) is 24.5 Å². The molecule has 228 valence electrons. The van der Waals surface area contributed by atoms with Crippen molar-refractivity contribution in [1.82, 2.24) is 14.5 Å². The molecule has 2 aromatic carbocycles. The second kappa shape index (κ2) is 11.7. The van der Waals surface area contributed by atoms with Gasteiger partial charge in [0.15, 0.2) is 0 Å². The molecular weight excluding hydrogens is 555 g/mol. The molecule has 2 unspecified atom stereocenters. The van der Waals surface area contributed by atoms with Gasteiger partial charge in [-0.15, -0.1) is 0 Å². The molecule has 2 heterocycles. The summed E-state index contributed by atoms with van der Waals surface area (Å²) in [7, 11) is 1.80. The highest BCUT2D eigenvalue weighted by atomic mass is 19.4. The fraction of sp³-hybridized carbons (Fsp3) is 0.485. The molecule has 1 saturated heterocycles. The second-order valence-electron chi connectivity index (χ2n) is 12.4. The van der Waals surface area contributed by atoms with Crippen LogP contribution in [-0.2, 0) is 18.0 Å². The Labute approximate surface area is 249 Å². The number of hydrogen-bond acceptors (Lipinski definition) is 4. The van der Waals surface area contributed by atoms with Gasteiger partial charge in [0, 0.05) is 36.7 Å². The molecule has 7 nitrogen and oxygen atoms in total. The maximum atomic E-state index is 14.1. The topological polar surface area (TPSA) is 79.3 Å². The lowest BCUT2D eigenvalue weighted by Crippen LogP contribution is -2.54. The normalized spacial score (nSPS) is 24.2. The number of nitrogens with one attached hydrogen (secondary N) is 2. The maximum absolute atomic E-state index is 14.1. The molecule has 1 aliphatic heterocycles. The highest BCUT2D eigenvalue weighted by Crippen LogP contribution is 2.49. The molecule has 0 bridgehead atoms. The number of nitrogens with zero attached hydrogens (tertiary/aromatic N) is 3. The summed E-state index contributed by atoms with van der Waals surface area (Å²) in [6, 6.07) is 11.6. The summed E-state index contributed by atoms with van der Waals surface area (Å²) in [5.74, 6) is -1.16. The molecule has 3 fully saturated rings. The van der Waals surface area contributed by atoms with Crippen LogP contribution in [0, 0.1) is 18.8 Å². The van der Waals surface area contributed by atoms with Crippen LogP contribution in [0.3, 0.4) is 0 Å². The summed E-state index contributed by atoms with van der Waals surface area (Å²) in [5, 5.41) is 6.38. The Hall–Kier alpha value is -3.82. The summed E-state index contributed by atoms with van der Waals surface area (Å²) >= 11 is 0. The zero-order valence-corrected chi connectivity index (χ0v) is 24.5. The molecule has 2 amide bonds. The van der Waals surface area contributed by atoms with E-state index in [1.54, 1.807) is 24.1 Å². The Morgan fingerprint density at radius 3 is 2.35 bits per heavy atom. The zero-order valence-electron chi connectivity index (χ0n) is 24.5. The number of aryl methyl sites for hydroxylation is 2. The number of piperidine rings is 1. The van der Waals surface area contributed by atoms with Crippen molar-refractivity contribution in [3.63, 3.8) is 0 Å². The first kappa shape index (κ1) is 29.3. The van der Waals surface area contributed by atoms with E-state index in [-0.39, 0.29) is 35.0 Å². The number of likely N-dealkylation sites (tertiary alicyclic amines) is 1. The average Bonchev–Trinajstić information content (AvgIpc) is 3.75. The van der Waals surface area contributed by atoms with Crippen LogP contribution in [0.5, 0.6) is 0 Å². The predicted molar refractivity (Wildman–Crippen MR) is 158 cm³/mol. The summed E-state index contributed by atoms with van der Waals surface area (Å²) in [5.41, 5.74) is 1.53. The molecule has 2 saturated carbocycles. The van der Waals surface area contributed by atoms with Gasteiger partial charge in [-0.3, -0.25) is 9.59 Å². The van der Waals surface area contributed by atoms with Gasteiger partial charge < -0.3 is 20.1 Å². The van der Waals surface area contributed by atoms with Crippen molar-refractivity contribution >= 4 is 23.2 Å². The lowest BCUT2D eigenvalue weighted by Gasteiger charge is -2.47. The summed E-state index contributed by atoms with van der Waals surface area (Å²) < 4.78 is 42.7. The van der Waals surface area contributed by atoms with Crippen LogP contribution in [0.1, 0.15) is 84.6 Å². The van der Waals surface area contributed by atoms with Gasteiger partial charge in [-0.2, -0.15) is 13.2 Å². The van der Waals surface area contributed by atoms with Gasteiger partial charge in [-0.05, 0) is 80.3 Å². The highest BCUT2D eigenvalue weighted by molar-refractivity contribution is 5.96. The Bertz CT molecular complexity index is 1480. The van der Waals surface area contributed by atoms with Crippen molar-refractivity contribution < 1.29 is 22.8 Å². The third-order valence-corrected chi connectivity index (χ3v) is 9.50. The van der Waals surface area contributed by atoms with E-state index < -0.39 is 23.7 Å². The minimum Gasteiger partial charge on any atom is -0.382 e. The van der Waals surface area contributed by atoms with Crippen molar-refractivity contribution in [2.75, 3.05) is 10.6 Å². The molecule has 0 spiro atoms. The van der Waals surface area contributed by atoms with E-state index in [4.69, 9.17) is 0 Å². The molecule has 3 aromatic rings. The van der Waals surface area contributed by atoms with E-state index in [1.807, 2.05) is 29.2 Å². The number of aromatic nitrogens is 2. The Morgan fingerprint density at radius 2 is 1.67 bits per heavy atom. The standard InChI is InChI=1S/C33H38F3N5O2/c1-20-10-13-25(17-27(20)33(34,35)36)39-31(42)26-16-22-6-5-9-29(22)41(32(43)28-18-40(2)19-37-28)30(26)21-11-14-24(15-12-21)38-23-7-3-4-8-23/h10-15,17-19,22-23,26,29-30,38H,3-9,16H2,1-2H3,(H,39,42)/t22-,26?,29-,30?/m0/s1. The summed E-state index contributed by atoms with van der Waals surface area (Å²) in [6.45, 7) is 1.40. The molecule has 43 heavy (non-hydrogen) atoms. The molecule has 3 aliphatic rings. The Morgan fingerprint density at radius 1 is 0.953 bits per heavy atom. The minimum atomic E-state index is -4.53. The SMILES string of the molecule is Cc1ccc(NC(=O)C2C[C@@H]3CCC[C@@H]3N(C(=O)c3cn(C)cn3)C2c2ccc(NC3CCCC3)cc2)cc1C(F)(F)F. The van der Waals surface area contributed by atoms with Crippen molar-refractivity contribution in [3.05, 3.63) is 77.4 Å². The number of fused-ring (bicyclic) bond motifs is 1. The van der Waals surface area contributed by atoms with E-state index in [0.29, 0.717) is 18.2 Å². The first-order chi connectivity index (χ1) is 20.6. The molecule has 2 aliphatic carbocycles. The van der Waals surface area contributed by atoms with Gasteiger partial charge in [0.2, 0.25) is 5.91 Å². The number of anilines is 2. The number of amides is 2. The van der Waals surface area contributed by atoms with E-state index in [9.17, 15) is 22.8 Å². The number of carbonyl (C=O) groups is 2. The van der Waals surface area contributed by atoms with Crippen LogP contribution < -0.4 is 10.6 Å². The average molecular weight is 594 g/mol. The van der Waals surface area contributed by atoms with Gasteiger partial charge in [0.25, 0.3) is 5.91 Å². The van der Waals surface area contributed by atoms with Gasteiger partial charge >= 0.3 is 6.18 Å². The lowest BCUT2D eigenvalue weighted by molar-refractivity contribution is -0.138. The predicted octanol–water partition coefficient (Wildman–Crippen LogP) is 7.11. The van der Waals surface area contributed by atoms with Crippen molar-refractivity contribution in [2.24, 2.45) is 18.9 Å². The quantitative estimate of drug-likeness (QED) is 0.319. The van der Waals surface area contributed by atoms with Gasteiger partial charge in [0.05, 0.1) is 23.9 Å². The molecule has 4 atom stereocenters. The van der Waals surface area contributed by atoms with Gasteiger partial charge in [-0.1, -0.05) is 37.5 Å². The summed E-state index contributed by atoms with van der Waals surface area (Å²) in [4.78, 5) is 34.4. The van der Waals surface area contributed by atoms with Crippen LogP contribution in [0.15, 0.2) is 55.0 Å². The molecule has 1 aromatic heterocycles. The summed E-state index contributed by atoms with van der Waals surface area (Å²) in [6.07, 6.45) is 6.66. The third kappa shape index (κ3) is 6.01. The lowest BCUT2D eigenvalue weighted by atomic mass is 9.76. The molecular formula is C33H38F3N5O2. The first-order valence-electron chi connectivity index (χ1n) is 15.2. The second-order valence-corrected chi connectivity index (χ2v) is 12.4. The fourth-order valence-electron chi connectivity index (χ4n) is 7.41. The van der Waals surface area contributed by atoms with E-state index in [2.05, 4.69) is 15.6 Å². The van der Waals surface area contributed by atoms with E-state index >= 15 is 0 Å². The Balaban J connectivity index is 1.36. The zero-order chi connectivity index (χ0) is 30.3. The van der Waals surface area contributed by atoms with Crippen LogP contribution in [0.25, 0.3) is 0 Å². The molecule has 2 N–H and O–H groups in total. The van der Waals surface area contributed by atoms with Gasteiger partial charge in [-0.25, -0.2) is 4.98 Å².